The lowest BCUT2D eigenvalue weighted by Crippen LogP contribution is -1.96. The number of hydrogen-bond acceptors (Lipinski definition) is 3. The van der Waals surface area contributed by atoms with E-state index in [-0.39, 0.29) is 0 Å². The zero-order valence-corrected chi connectivity index (χ0v) is 11.0. The number of benzene rings is 1. The Kier molecular flexibility index (Phi) is 2.12. The van der Waals surface area contributed by atoms with Crippen molar-refractivity contribution in [3.63, 3.8) is 0 Å². The van der Waals surface area contributed by atoms with E-state index >= 15 is 0 Å². The van der Waals surface area contributed by atoms with E-state index < -0.39 is 0 Å². The van der Waals surface area contributed by atoms with Crippen molar-refractivity contribution in [1.29, 1.82) is 0 Å². The van der Waals surface area contributed by atoms with E-state index in [0.29, 0.717) is 5.82 Å². The Morgan fingerprint density at radius 3 is 2.95 bits per heavy atom. The fourth-order valence-corrected chi connectivity index (χ4v) is 2.60. The number of fused-ring (bicyclic) bond motifs is 2. The SMILES string of the molecule is Cc1nc(-c2cc3ccccc3[nH]2)c2c(N)nccn12. The molecule has 0 radical (unpaired) electrons. The lowest BCUT2D eigenvalue weighted by Gasteiger charge is -1.99. The molecule has 98 valence electrons. The predicted molar refractivity (Wildman–Crippen MR) is 79.4 cm³/mol. The van der Waals surface area contributed by atoms with E-state index in [1.807, 2.05) is 35.7 Å². The summed E-state index contributed by atoms with van der Waals surface area (Å²) in [6.45, 7) is 1.96. The Morgan fingerprint density at radius 2 is 2.10 bits per heavy atom. The number of aromatic nitrogens is 4. The van der Waals surface area contributed by atoms with E-state index in [9.17, 15) is 0 Å². The van der Waals surface area contributed by atoms with Gasteiger partial charge in [-0.3, -0.25) is 4.40 Å². The highest BCUT2D eigenvalue weighted by molar-refractivity contribution is 5.91. The quantitative estimate of drug-likeness (QED) is 0.554. The number of imidazole rings is 1. The summed E-state index contributed by atoms with van der Waals surface area (Å²) in [6, 6.07) is 10.2. The van der Waals surface area contributed by atoms with Crippen LogP contribution in [0.2, 0.25) is 0 Å². The topological polar surface area (TPSA) is 72.0 Å². The molecular formula is C15H13N5. The maximum atomic E-state index is 6.02. The number of rotatable bonds is 1. The van der Waals surface area contributed by atoms with E-state index in [1.54, 1.807) is 6.20 Å². The fraction of sp³-hybridized carbons (Fsp3) is 0.0667. The molecule has 0 unspecified atom stereocenters. The first-order valence-electron chi connectivity index (χ1n) is 6.41. The third kappa shape index (κ3) is 1.43. The molecule has 4 aromatic rings. The summed E-state index contributed by atoms with van der Waals surface area (Å²) in [4.78, 5) is 12.2. The summed E-state index contributed by atoms with van der Waals surface area (Å²) in [5.74, 6) is 1.38. The summed E-state index contributed by atoms with van der Waals surface area (Å²) >= 11 is 0. The molecule has 0 bridgehead atoms. The number of nitrogens with two attached hydrogens (primary N) is 1. The van der Waals surface area contributed by atoms with Gasteiger partial charge in [-0.2, -0.15) is 0 Å². The first kappa shape index (κ1) is 11.0. The van der Waals surface area contributed by atoms with E-state index in [4.69, 9.17) is 5.73 Å². The second-order valence-corrected chi connectivity index (χ2v) is 4.81. The molecule has 5 heteroatoms. The first-order chi connectivity index (χ1) is 9.74. The molecule has 3 heterocycles. The molecule has 0 saturated heterocycles. The number of nitrogens with one attached hydrogen (secondary N) is 1. The molecule has 0 fully saturated rings. The number of aromatic amines is 1. The number of H-pyrrole nitrogens is 1. The fourth-order valence-electron chi connectivity index (χ4n) is 2.60. The number of anilines is 1. The van der Waals surface area contributed by atoms with Crippen LogP contribution in [-0.2, 0) is 0 Å². The second-order valence-electron chi connectivity index (χ2n) is 4.81. The minimum atomic E-state index is 0.488. The van der Waals surface area contributed by atoms with Crippen LogP contribution in [0.4, 0.5) is 5.82 Å². The first-order valence-corrected chi connectivity index (χ1v) is 6.41. The molecule has 5 nitrogen and oxygen atoms in total. The van der Waals surface area contributed by atoms with Gasteiger partial charge >= 0.3 is 0 Å². The molecule has 0 atom stereocenters. The molecule has 0 spiro atoms. The van der Waals surface area contributed by atoms with Crippen LogP contribution < -0.4 is 5.73 Å². The third-order valence-corrected chi connectivity index (χ3v) is 3.54. The van der Waals surface area contributed by atoms with Crippen molar-refractivity contribution >= 4 is 22.2 Å². The summed E-state index contributed by atoms with van der Waals surface area (Å²) < 4.78 is 1.96. The maximum absolute atomic E-state index is 6.02. The number of aryl methyl sites for hydroxylation is 1. The predicted octanol–water partition coefficient (Wildman–Crippen LogP) is 2.77. The average molecular weight is 263 g/mol. The Labute approximate surface area is 115 Å². The summed E-state index contributed by atoms with van der Waals surface area (Å²) in [7, 11) is 0. The average Bonchev–Trinajstić information content (AvgIpc) is 3.01. The van der Waals surface area contributed by atoms with Crippen molar-refractivity contribution in [3.05, 3.63) is 48.5 Å². The van der Waals surface area contributed by atoms with Crippen LogP contribution in [0, 0.1) is 6.92 Å². The van der Waals surface area contributed by atoms with Gasteiger partial charge in [0.15, 0.2) is 0 Å². The van der Waals surface area contributed by atoms with Crippen LogP contribution >= 0.6 is 0 Å². The van der Waals surface area contributed by atoms with Crippen molar-refractivity contribution in [1.82, 2.24) is 19.4 Å². The van der Waals surface area contributed by atoms with Crippen molar-refractivity contribution < 1.29 is 0 Å². The van der Waals surface area contributed by atoms with Crippen molar-refractivity contribution in [2.24, 2.45) is 0 Å². The minimum Gasteiger partial charge on any atom is -0.382 e. The number of para-hydroxylation sites is 1. The van der Waals surface area contributed by atoms with Gasteiger partial charge in [0.05, 0.1) is 5.69 Å². The van der Waals surface area contributed by atoms with Crippen LogP contribution in [0.1, 0.15) is 5.82 Å². The van der Waals surface area contributed by atoms with Gasteiger partial charge in [0.1, 0.15) is 22.9 Å². The molecule has 1 aromatic carbocycles. The van der Waals surface area contributed by atoms with Gasteiger partial charge in [-0.1, -0.05) is 18.2 Å². The van der Waals surface area contributed by atoms with Crippen LogP contribution in [0.5, 0.6) is 0 Å². The van der Waals surface area contributed by atoms with E-state index in [1.165, 1.54) is 0 Å². The van der Waals surface area contributed by atoms with Gasteiger partial charge in [0.25, 0.3) is 0 Å². The van der Waals surface area contributed by atoms with Gasteiger partial charge < -0.3 is 10.7 Å². The lowest BCUT2D eigenvalue weighted by atomic mass is 10.2. The van der Waals surface area contributed by atoms with Gasteiger partial charge in [-0.05, 0) is 19.1 Å². The van der Waals surface area contributed by atoms with Crippen molar-refractivity contribution in [2.45, 2.75) is 6.92 Å². The molecule has 0 amide bonds. The van der Waals surface area contributed by atoms with Gasteiger partial charge in [0.2, 0.25) is 0 Å². The highest BCUT2D eigenvalue weighted by Crippen LogP contribution is 2.29. The monoisotopic (exact) mass is 263 g/mol. The van der Waals surface area contributed by atoms with E-state index in [2.05, 4.69) is 27.1 Å². The molecular weight excluding hydrogens is 250 g/mol. The highest BCUT2D eigenvalue weighted by Gasteiger charge is 2.15. The van der Waals surface area contributed by atoms with Gasteiger partial charge in [-0.25, -0.2) is 9.97 Å². The molecule has 3 aromatic heterocycles. The number of nitrogen functional groups attached to an aromatic ring is 1. The summed E-state index contributed by atoms with van der Waals surface area (Å²) in [5, 5.41) is 1.16. The van der Waals surface area contributed by atoms with Crippen molar-refractivity contribution in [2.75, 3.05) is 5.73 Å². The van der Waals surface area contributed by atoms with Crippen LogP contribution in [0.25, 0.3) is 27.8 Å². The van der Waals surface area contributed by atoms with Crippen LogP contribution in [-0.4, -0.2) is 19.4 Å². The third-order valence-electron chi connectivity index (χ3n) is 3.54. The molecule has 4 rings (SSSR count). The standard InChI is InChI=1S/C15H13N5/c1-9-18-13(14-15(16)17-6-7-20(9)14)12-8-10-4-2-3-5-11(10)19-12/h2-8,19H,1H3,(H2,16,17). The second kappa shape index (κ2) is 3.84. The minimum absolute atomic E-state index is 0.488. The highest BCUT2D eigenvalue weighted by atomic mass is 15.1. The smallest absolute Gasteiger partial charge is 0.150 e. The Bertz CT molecular complexity index is 899. The lowest BCUT2D eigenvalue weighted by molar-refractivity contribution is 1.03. The Balaban J connectivity index is 2.07. The molecule has 0 aliphatic carbocycles. The molecule has 0 saturated carbocycles. The van der Waals surface area contributed by atoms with E-state index in [0.717, 1.165) is 33.6 Å². The van der Waals surface area contributed by atoms with Crippen LogP contribution in [0.3, 0.4) is 0 Å². The number of nitrogens with zero attached hydrogens (tertiary/aromatic N) is 3. The maximum Gasteiger partial charge on any atom is 0.150 e. The summed E-state index contributed by atoms with van der Waals surface area (Å²) in [5.41, 5.74) is 9.74. The summed E-state index contributed by atoms with van der Waals surface area (Å²) in [6.07, 6.45) is 3.56. The molecule has 3 N–H and O–H groups in total. The Morgan fingerprint density at radius 1 is 1.25 bits per heavy atom. The number of hydrogen-bond donors (Lipinski definition) is 2. The van der Waals surface area contributed by atoms with Gasteiger partial charge in [-0.15, -0.1) is 0 Å². The van der Waals surface area contributed by atoms with Crippen LogP contribution in [0.15, 0.2) is 42.7 Å². The zero-order valence-electron chi connectivity index (χ0n) is 11.0. The normalized spacial score (nSPS) is 11.4. The Hall–Kier alpha value is -2.82. The largest absolute Gasteiger partial charge is 0.382 e. The van der Waals surface area contributed by atoms with Gasteiger partial charge in [0, 0.05) is 23.3 Å². The molecule has 0 aliphatic rings. The zero-order chi connectivity index (χ0) is 13.7. The molecule has 20 heavy (non-hydrogen) atoms. The van der Waals surface area contributed by atoms with Crippen molar-refractivity contribution in [3.8, 4) is 11.4 Å². The molecule has 0 aliphatic heterocycles.